The smallest absolute Gasteiger partial charge is 0.310 e. The average Bonchev–Trinajstić information content (AvgIpc) is 2.56. The first-order chi connectivity index (χ1) is 11.2. The summed E-state index contributed by atoms with van der Waals surface area (Å²) in [5.74, 6) is -0.231. The highest BCUT2D eigenvalue weighted by molar-refractivity contribution is 6.30. The number of esters is 1. The number of allylic oxidation sites excluding steroid dienone is 1. The molecule has 0 heterocycles. The molecular weight excluding hydrogens is 308 g/mol. The molecule has 0 spiro atoms. The first-order valence-electron chi connectivity index (χ1n) is 7.52. The van der Waals surface area contributed by atoms with E-state index in [1.165, 1.54) is 0 Å². The molecule has 0 saturated carbocycles. The zero-order valence-electron chi connectivity index (χ0n) is 13.0. The molecule has 0 aliphatic heterocycles. The van der Waals surface area contributed by atoms with Crippen LogP contribution in [0.4, 0.5) is 0 Å². The van der Waals surface area contributed by atoms with Gasteiger partial charge >= 0.3 is 5.97 Å². The SMILES string of the molecule is CCOC(=O)CC(/C=C/c1ccccc1)=C\c1ccc(Cl)cc1. The lowest BCUT2D eigenvalue weighted by atomic mass is 10.1. The standard InChI is InChI=1S/C20H19ClO2/c1-2-23-20(22)15-18(9-8-16-6-4-3-5-7-16)14-17-10-12-19(21)13-11-17/h3-14H,2,15H2,1H3/b9-8+,18-14-. The zero-order chi connectivity index (χ0) is 16.5. The van der Waals surface area contributed by atoms with E-state index in [0.29, 0.717) is 11.6 Å². The van der Waals surface area contributed by atoms with Gasteiger partial charge in [0.15, 0.2) is 0 Å². The Morgan fingerprint density at radius 1 is 1.04 bits per heavy atom. The van der Waals surface area contributed by atoms with Crippen molar-refractivity contribution in [3.8, 4) is 0 Å². The molecule has 2 aromatic rings. The van der Waals surface area contributed by atoms with Gasteiger partial charge in [-0.3, -0.25) is 4.79 Å². The molecule has 118 valence electrons. The average molecular weight is 327 g/mol. The Bertz CT molecular complexity index is 685. The van der Waals surface area contributed by atoms with Gasteiger partial charge in [-0.2, -0.15) is 0 Å². The van der Waals surface area contributed by atoms with Crippen molar-refractivity contribution < 1.29 is 9.53 Å². The van der Waals surface area contributed by atoms with Crippen LogP contribution in [0, 0.1) is 0 Å². The predicted molar refractivity (Wildman–Crippen MR) is 96.2 cm³/mol. The molecule has 0 aliphatic carbocycles. The van der Waals surface area contributed by atoms with Gasteiger partial charge in [0, 0.05) is 5.02 Å². The van der Waals surface area contributed by atoms with E-state index in [1.807, 2.05) is 72.8 Å². The highest BCUT2D eigenvalue weighted by atomic mass is 35.5. The molecule has 0 atom stereocenters. The van der Waals surface area contributed by atoms with Gasteiger partial charge in [0.2, 0.25) is 0 Å². The zero-order valence-corrected chi connectivity index (χ0v) is 13.8. The molecule has 0 unspecified atom stereocenters. The summed E-state index contributed by atoms with van der Waals surface area (Å²) < 4.78 is 5.05. The quantitative estimate of drug-likeness (QED) is 0.525. The molecule has 0 N–H and O–H groups in total. The topological polar surface area (TPSA) is 26.3 Å². The highest BCUT2D eigenvalue weighted by Crippen LogP contribution is 2.16. The summed E-state index contributed by atoms with van der Waals surface area (Å²) in [5, 5.41) is 0.689. The Morgan fingerprint density at radius 3 is 2.39 bits per heavy atom. The van der Waals surface area contributed by atoms with E-state index in [0.717, 1.165) is 16.7 Å². The third-order valence-corrected chi connectivity index (χ3v) is 3.42. The van der Waals surface area contributed by atoms with Crippen molar-refractivity contribution in [2.24, 2.45) is 0 Å². The molecule has 3 heteroatoms. The van der Waals surface area contributed by atoms with Crippen LogP contribution in [0.1, 0.15) is 24.5 Å². The van der Waals surface area contributed by atoms with E-state index in [-0.39, 0.29) is 12.4 Å². The van der Waals surface area contributed by atoms with Gasteiger partial charge in [0.05, 0.1) is 13.0 Å². The van der Waals surface area contributed by atoms with E-state index in [1.54, 1.807) is 6.92 Å². The summed E-state index contributed by atoms with van der Waals surface area (Å²) in [6, 6.07) is 17.5. The lowest BCUT2D eigenvalue weighted by molar-refractivity contribution is -0.142. The Hall–Kier alpha value is -2.32. The number of benzene rings is 2. The van der Waals surface area contributed by atoms with Crippen LogP contribution in [0.3, 0.4) is 0 Å². The van der Waals surface area contributed by atoms with E-state index < -0.39 is 0 Å². The maximum atomic E-state index is 11.8. The van der Waals surface area contributed by atoms with Crippen LogP contribution >= 0.6 is 11.6 Å². The summed E-state index contributed by atoms with van der Waals surface area (Å²) in [4.78, 5) is 11.8. The molecule has 0 aliphatic rings. The second-order valence-corrected chi connectivity index (χ2v) is 5.43. The van der Waals surface area contributed by atoms with Crippen molar-refractivity contribution >= 4 is 29.7 Å². The van der Waals surface area contributed by atoms with Gasteiger partial charge < -0.3 is 4.74 Å². The first-order valence-corrected chi connectivity index (χ1v) is 7.90. The third-order valence-electron chi connectivity index (χ3n) is 3.17. The first kappa shape index (κ1) is 17.0. The number of hydrogen-bond donors (Lipinski definition) is 0. The van der Waals surface area contributed by atoms with E-state index in [4.69, 9.17) is 16.3 Å². The second kappa shape index (κ2) is 8.96. The number of carbonyl (C=O) groups is 1. The monoisotopic (exact) mass is 326 g/mol. The summed E-state index contributed by atoms with van der Waals surface area (Å²) in [6.45, 7) is 2.19. The predicted octanol–water partition coefficient (Wildman–Crippen LogP) is 5.39. The summed E-state index contributed by atoms with van der Waals surface area (Å²) in [6.07, 6.45) is 6.13. The van der Waals surface area contributed by atoms with Gasteiger partial charge in [-0.1, -0.05) is 72.3 Å². The van der Waals surface area contributed by atoms with Crippen molar-refractivity contribution in [3.05, 3.63) is 82.4 Å². The van der Waals surface area contributed by atoms with Crippen molar-refractivity contribution in [1.29, 1.82) is 0 Å². The second-order valence-electron chi connectivity index (χ2n) is 5.00. The molecule has 0 aromatic heterocycles. The summed E-state index contributed by atoms with van der Waals surface area (Å²) >= 11 is 5.91. The number of hydrogen-bond acceptors (Lipinski definition) is 2. The van der Waals surface area contributed by atoms with Crippen LogP contribution in [0.15, 0.2) is 66.2 Å². The lowest BCUT2D eigenvalue weighted by Gasteiger charge is -2.04. The number of rotatable bonds is 6. The molecule has 0 amide bonds. The van der Waals surface area contributed by atoms with Crippen LogP contribution in [0.2, 0.25) is 5.02 Å². The maximum absolute atomic E-state index is 11.8. The van der Waals surface area contributed by atoms with Gasteiger partial charge in [-0.25, -0.2) is 0 Å². The number of carbonyl (C=O) groups excluding carboxylic acids is 1. The normalized spacial score (nSPS) is 11.7. The van der Waals surface area contributed by atoms with E-state index in [2.05, 4.69) is 0 Å². The minimum Gasteiger partial charge on any atom is -0.466 e. The molecule has 2 aromatic carbocycles. The van der Waals surface area contributed by atoms with Crippen molar-refractivity contribution in [3.63, 3.8) is 0 Å². The Kier molecular flexibility index (Phi) is 6.64. The largest absolute Gasteiger partial charge is 0.466 e. The molecule has 2 nitrogen and oxygen atoms in total. The van der Waals surface area contributed by atoms with Crippen LogP contribution in [0.25, 0.3) is 12.2 Å². The fourth-order valence-corrected chi connectivity index (χ4v) is 2.20. The van der Waals surface area contributed by atoms with Gasteiger partial charge in [0.25, 0.3) is 0 Å². The number of halogens is 1. The van der Waals surface area contributed by atoms with Crippen LogP contribution < -0.4 is 0 Å². The van der Waals surface area contributed by atoms with E-state index in [9.17, 15) is 4.79 Å². The van der Waals surface area contributed by atoms with Gasteiger partial charge in [-0.15, -0.1) is 0 Å². The van der Waals surface area contributed by atoms with Crippen molar-refractivity contribution in [1.82, 2.24) is 0 Å². The van der Waals surface area contributed by atoms with Gasteiger partial charge in [-0.05, 0) is 35.8 Å². The van der Waals surface area contributed by atoms with Crippen LogP contribution in [0.5, 0.6) is 0 Å². The fraction of sp³-hybridized carbons (Fsp3) is 0.150. The molecular formula is C20H19ClO2. The molecule has 23 heavy (non-hydrogen) atoms. The summed E-state index contributed by atoms with van der Waals surface area (Å²) in [5.41, 5.74) is 2.96. The Labute approximate surface area is 142 Å². The van der Waals surface area contributed by atoms with Crippen molar-refractivity contribution in [2.75, 3.05) is 6.61 Å². The molecule has 0 saturated heterocycles. The minimum absolute atomic E-state index is 0.231. The van der Waals surface area contributed by atoms with Gasteiger partial charge in [0.1, 0.15) is 0 Å². The van der Waals surface area contributed by atoms with Crippen LogP contribution in [-0.4, -0.2) is 12.6 Å². The molecule has 0 bridgehead atoms. The van der Waals surface area contributed by atoms with Crippen molar-refractivity contribution in [2.45, 2.75) is 13.3 Å². The molecule has 2 rings (SSSR count). The Morgan fingerprint density at radius 2 is 1.74 bits per heavy atom. The maximum Gasteiger partial charge on any atom is 0.310 e. The molecule has 0 fully saturated rings. The minimum atomic E-state index is -0.231. The third kappa shape index (κ3) is 6.13. The molecule has 0 radical (unpaired) electrons. The van der Waals surface area contributed by atoms with Crippen LogP contribution in [-0.2, 0) is 9.53 Å². The number of ether oxygens (including phenoxy) is 1. The Balaban J connectivity index is 2.22. The lowest BCUT2D eigenvalue weighted by Crippen LogP contribution is -2.04. The fourth-order valence-electron chi connectivity index (χ4n) is 2.08. The van der Waals surface area contributed by atoms with E-state index >= 15 is 0 Å². The summed E-state index contributed by atoms with van der Waals surface area (Å²) in [7, 11) is 0. The highest BCUT2D eigenvalue weighted by Gasteiger charge is 2.05.